The summed E-state index contributed by atoms with van der Waals surface area (Å²) in [5, 5.41) is 1.33. The van der Waals surface area contributed by atoms with Crippen LogP contribution >= 0.6 is 22.9 Å². The first-order valence-corrected chi connectivity index (χ1v) is 5.61. The normalized spacial score (nSPS) is 11.6. The molecule has 0 aliphatic heterocycles. The maximum atomic E-state index is 2.35. The summed E-state index contributed by atoms with van der Waals surface area (Å²) in [5.74, 6) is 0. The Labute approximate surface area is 97.9 Å². The van der Waals surface area contributed by atoms with Crippen molar-refractivity contribution < 1.29 is 0 Å². The van der Waals surface area contributed by atoms with Crippen LogP contribution in [0.2, 0.25) is 0 Å². The predicted octanol–water partition coefficient (Wildman–Crippen LogP) is 4.18. The standard InChI is InChI=1S/C12H12IN/c1-3-6-10-9(2)14(13)12-8-5-4-7-11(10)12/h3-8H,1-2H3/b6-3-. The van der Waals surface area contributed by atoms with E-state index < -0.39 is 0 Å². The van der Waals surface area contributed by atoms with Crippen molar-refractivity contribution in [2.24, 2.45) is 0 Å². The SMILES string of the molecule is C/C=C\c1c(C)n(I)c2ccccc12. The average molecular weight is 297 g/mol. The second-order valence-corrected chi connectivity index (χ2v) is 4.26. The lowest BCUT2D eigenvalue weighted by atomic mass is 10.1. The Morgan fingerprint density at radius 1 is 1.29 bits per heavy atom. The van der Waals surface area contributed by atoms with Gasteiger partial charge in [0.1, 0.15) is 0 Å². The highest BCUT2D eigenvalue weighted by Crippen LogP contribution is 2.28. The molecule has 0 bridgehead atoms. The molecule has 1 aromatic carbocycles. The zero-order valence-corrected chi connectivity index (χ0v) is 10.4. The van der Waals surface area contributed by atoms with E-state index in [0.29, 0.717) is 0 Å². The third-order valence-corrected chi connectivity index (χ3v) is 3.67. The Morgan fingerprint density at radius 2 is 2.00 bits per heavy atom. The van der Waals surface area contributed by atoms with Crippen LogP contribution in [0, 0.1) is 6.92 Å². The number of hydrogen-bond donors (Lipinski definition) is 0. The number of hydrogen-bond acceptors (Lipinski definition) is 0. The summed E-state index contributed by atoms with van der Waals surface area (Å²) in [5.41, 5.74) is 3.93. The molecule has 0 saturated heterocycles. The second-order valence-electron chi connectivity index (χ2n) is 3.30. The number of nitrogens with zero attached hydrogens (tertiary/aromatic N) is 1. The molecule has 0 amide bonds. The Hall–Kier alpha value is -0.770. The minimum absolute atomic E-state index is 1.29. The molecule has 0 atom stereocenters. The molecule has 0 aliphatic carbocycles. The number of aromatic nitrogens is 1. The quantitative estimate of drug-likeness (QED) is 0.696. The van der Waals surface area contributed by atoms with E-state index in [1.54, 1.807) is 0 Å². The molecule has 2 aromatic rings. The van der Waals surface area contributed by atoms with E-state index in [1.165, 1.54) is 22.2 Å². The topological polar surface area (TPSA) is 4.93 Å². The molecule has 1 heterocycles. The summed E-state index contributed by atoms with van der Waals surface area (Å²) in [7, 11) is 0. The zero-order valence-electron chi connectivity index (χ0n) is 8.29. The summed E-state index contributed by atoms with van der Waals surface area (Å²) in [6, 6.07) is 8.50. The number of para-hydroxylation sites is 1. The highest BCUT2D eigenvalue weighted by molar-refractivity contribution is 14.1. The fourth-order valence-corrected chi connectivity index (χ4v) is 2.41. The summed E-state index contributed by atoms with van der Waals surface area (Å²) in [6.07, 6.45) is 4.26. The first-order valence-electron chi connectivity index (χ1n) is 4.64. The van der Waals surface area contributed by atoms with E-state index in [-0.39, 0.29) is 0 Å². The highest BCUT2D eigenvalue weighted by Gasteiger charge is 2.08. The highest BCUT2D eigenvalue weighted by atomic mass is 127. The van der Waals surface area contributed by atoms with Gasteiger partial charge >= 0.3 is 0 Å². The van der Waals surface area contributed by atoms with Crippen molar-refractivity contribution in [3.05, 3.63) is 41.6 Å². The molecule has 14 heavy (non-hydrogen) atoms. The van der Waals surface area contributed by atoms with Crippen LogP contribution in [0.25, 0.3) is 17.0 Å². The van der Waals surface area contributed by atoms with Gasteiger partial charge in [-0.2, -0.15) is 0 Å². The lowest BCUT2D eigenvalue weighted by Gasteiger charge is -1.94. The first-order chi connectivity index (χ1) is 6.75. The predicted molar refractivity (Wildman–Crippen MR) is 70.8 cm³/mol. The monoisotopic (exact) mass is 297 g/mol. The first kappa shape index (κ1) is 9.77. The largest absolute Gasteiger partial charge is 0.286 e. The van der Waals surface area contributed by atoms with Gasteiger partial charge in [0.15, 0.2) is 0 Å². The molecule has 0 aliphatic rings. The van der Waals surface area contributed by atoms with Gasteiger partial charge in [-0.1, -0.05) is 30.4 Å². The summed E-state index contributed by atoms with van der Waals surface area (Å²) >= 11 is 2.35. The zero-order chi connectivity index (χ0) is 10.1. The third-order valence-electron chi connectivity index (χ3n) is 2.42. The smallest absolute Gasteiger partial charge is 0.0643 e. The number of rotatable bonds is 1. The Kier molecular flexibility index (Phi) is 2.63. The van der Waals surface area contributed by atoms with Crippen molar-refractivity contribution in [3.63, 3.8) is 0 Å². The van der Waals surface area contributed by atoms with Gasteiger partial charge in [0.2, 0.25) is 0 Å². The fourth-order valence-electron chi connectivity index (χ4n) is 1.73. The van der Waals surface area contributed by atoms with E-state index in [0.717, 1.165) is 0 Å². The Bertz CT molecular complexity index is 494. The van der Waals surface area contributed by atoms with Crippen molar-refractivity contribution >= 4 is 39.8 Å². The molecule has 2 heteroatoms. The molecule has 0 saturated carbocycles. The number of benzene rings is 1. The third kappa shape index (κ3) is 1.38. The number of allylic oxidation sites excluding steroid dienone is 1. The van der Waals surface area contributed by atoms with Crippen LogP contribution in [0.4, 0.5) is 0 Å². The molecule has 0 spiro atoms. The summed E-state index contributed by atoms with van der Waals surface area (Å²) < 4.78 is 2.21. The molecule has 1 nitrogen and oxygen atoms in total. The lowest BCUT2D eigenvalue weighted by Crippen LogP contribution is -1.81. The molecule has 0 radical (unpaired) electrons. The van der Waals surface area contributed by atoms with Crippen molar-refractivity contribution in [3.8, 4) is 0 Å². The van der Waals surface area contributed by atoms with E-state index in [2.05, 4.69) is 75.9 Å². The van der Waals surface area contributed by atoms with Crippen molar-refractivity contribution in [2.75, 3.05) is 0 Å². The van der Waals surface area contributed by atoms with Crippen molar-refractivity contribution in [1.82, 2.24) is 2.78 Å². The van der Waals surface area contributed by atoms with Crippen molar-refractivity contribution in [2.45, 2.75) is 13.8 Å². The molecule has 1 aromatic heterocycles. The number of halogens is 1. The molecule has 0 N–H and O–H groups in total. The van der Waals surface area contributed by atoms with E-state index >= 15 is 0 Å². The maximum absolute atomic E-state index is 2.35. The molecular formula is C12H12IN. The van der Waals surface area contributed by atoms with Gasteiger partial charge < -0.3 is 0 Å². The van der Waals surface area contributed by atoms with Crippen LogP contribution < -0.4 is 0 Å². The van der Waals surface area contributed by atoms with Crippen LogP contribution in [0.1, 0.15) is 18.2 Å². The number of fused-ring (bicyclic) bond motifs is 1. The van der Waals surface area contributed by atoms with E-state index in [4.69, 9.17) is 0 Å². The second kappa shape index (κ2) is 3.77. The van der Waals surface area contributed by atoms with Crippen LogP contribution in [0.5, 0.6) is 0 Å². The minimum Gasteiger partial charge on any atom is -0.286 e. The van der Waals surface area contributed by atoms with Gasteiger partial charge in [-0.25, -0.2) is 0 Å². The Balaban J connectivity index is 2.87. The molecule has 72 valence electrons. The fraction of sp³-hybridized carbons (Fsp3) is 0.167. The van der Waals surface area contributed by atoms with Gasteiger partial charge in [0.25, 0.3) is 0 Å². The van der Waals surface area contributed by atoms with Gasteiger partial charge in [0, 0.05) is 16.6 Å². The lowest BCUT2D eigenvalue weighted by molar-refractivity contribution is 1.26. The van der Waals surface area contributed by atoms with Crippen LogP contribution in [0.3, 0.4) is 0 Å². The van der Waals surface area contributed by atoms with Gasteiger partial charge in [-0.05, 0) is 19.9 Å². The van der Waals surface area contributed by atoms with Gasteiger partial charge in [-0.3, -0.25) is 2.78 Å². The minimum atomic E-state index is 1.29. The Morgan fingerprint density at radius 3 is 2.71 bits per heavy atom. The van der Waals surface area contributed by atoms with E-state index in [9.17, 15) is 0 Å². The summed E-state index contributed by atoms with van der Waals surface area (Å²) in [4.78, 5) is 0. The van der Waals surface area contributed by atoms with E-state index in [1.807, 2.05) is 0 Å². The van der Waals surface area contributed by atoms with Crippen LogP contribution in [0.15, 0.2) is 30.3 Å². The molecule has 2 rings (SSSR count). The average Bonchev–Trinajstić information content (AvgIpc) is 2.45. The van der Waals surface area contributed by atoms with Gasteiger partial charge in [0.05, 0.1) is 28.4 Å². The molecule has 0 fully saturated rings. The molecular weight excluding hydrogens is 285 g/mol. The van der Waals surface area contributed by atoms with Crippen LogP contribution in [-0.4, -0.2) is 2.78 Å². The summed E-state index contributed by atoms with van der Waals surface area (Å²) in [6.45, 7) is 4.21. The molecule has 0 unspecified atom stereocenters. The van der Waals surface area contributed by atoms with Gasteiger partial charge in [-0.15, -0.1) is 0 Å². The van der Waals surface area contributed by atoms with Crippen LogP contribution in [-0.2, 0) is 0 Å². The maximum Gasteiger partial charge on any atom is 0.0643 e. The van der Waals surface area contributed by atoms with Crippen molar-refractivity contribution in [1.29, 1.82) is 0 Å².